The Bertz CT molecular complexity index is 210. The zero-order valence-corrected chi connectivity index (χ0v) is 9.53. The summed E-state index contributed by atoms with van der Waals surface area (Å²) in [6.45, 7) is 3.99. The van der Waals surface area contributed by atoms with Crippen LogP contribution in [0.4, 0.5) is 4.39 Å². The number of nitrogens with two attached hydrogens (primary N) is 1. The maximum atomic E-state index is 13.7. The number of hydrazine groups is 1. The van der Waals surface area contributed by atoms with E-state index in [0.717, 1.165) is 38.8 Å². The largest absolute Gasteiger partial charge is 0.326 e. The number of alkyl halides is 1. The van der Waals surface area contributed by atoms with E-state index in [0.29, 0.717) is 12.5 Å². The molecule has 15 heavy (non-hydrogen) atoms. The molecule has 3 atom stereocenters. The highest BCUT2D eigenvalue weighted by Crippen LogP contribution is 2.27. The fourth-order valence-corrected chi connectivity index (χ4v) is 2.90. The Kier molecular flexibility index (Phi) is 3.59. The van der Waals surface area contributed by atoms with Crippen LogP contribution in [0.5, 0.6) is 0 Å². The SMILES string of the molecule is CCC1C(N)CCCN1N1CCCC1F. The topological polar surface area (TPSA) is 32.5 Å². The molecule has 0 saturated carbocycles. The van der Waals surface area contributed by atoms with Crippen LogP contribution in [0.3, 0.4) is 0 Å². The fourth-order valence-electron chi connectivity index (χ4n) is 2.90. The highest BCUT2D eigenvalue weighted by Gasteiger charge is 2.36. The molecule has 2 rings (SSSR count). The standard InChI is InChI=1S/C11H22FN3/c1-2-10-9(13)5-3-7-14(10)15-8-4-6-11(15)12/h9-11H,2-8,13H2,1H3. The van der Waals surface area contributed by atoms with Gasteiger partial charge in [0.1, 0.15) is 0 Å². The minimum atomic E-state index is -0.774. The van der Waals surface area contributed by atoms with Gasteiger partial charge in [-0.25, -0.2) is 14.4 Å². The first kappa shape index (κ1) is 11.3. The normalized spacial score (nSPS) is 39.8. The molecule has 0 bridgehead atoms. The van der Waals surface area contributed by atoms with Crippen molar-refractivity contribution in [2.24, 2.45) is 5.73 Å². The first-order valence-electron chi connectivity index (χ1n) is 6.17. The van der Waals surface area contributed by atoms with Gasteiger partial charge in [0.05, 0.1) is 0 Å². The molecule has 3 unspecified atom stereocenters. The lowest BCUT2D eigenvalue weighted by Gasteiger charge is -2.44. The van der Waals surface area contributed by atoms with Crippen molar-refractivity contribution in [1.29, 1.82) is 0 Å². The molecule has 0 radical (unpaired) electrons. The lowest BCUT2D eigenvalue weighted by atomic mass is 9.96. The maximum absolute atomic E-state index is 13.7. The third kappa shape index (κ3) is 2.17. The lowest BCUT2D eigenvalue weighted by Crippen LogP contribution is -2.59. The smallest absolute Gasteiger partial charge is 0.166 e. The van der Waals surface area contributed by atoms with Gasteiger partial charge in [0, 0.05) is 25.2 Å². The van der Waals surface area contributed by atoms with Crippen LogP contribution in [-0.4, -0.2) is 41.5 Å². The molecule has 88 valence electrons. The zero-order valence-electron chi connectivity index (χ0n) is 9.53. The monoisotopic (exact) mass is 215 g/mol. The Balaban J connectivity index is 2.04. The van der Waals surface area contributed by atoms with Crippen LogP contribution < -0.4 is 5.73 Å². The number of piperidine rings is 1. The Morgan fingerprint density at radius 1 is 1.20 bits per heavy atom. The fraction of sp³-hybridized carbons (Fsp3) is 1.00. The van der Waals surface area contributed by atoms with E-state index in [-0.39, 0.29) is 6.04 Å². The van der Waals surface area contributed by atoms with Gasteiger partial charge in [0.25, 0.3) is 0 Å². The molecule has 2 heterocycles. The third-order valence-corrected chi connectivity index (χ3v) is 3.70. The molecule has 2 aliphatic heterocycles. The molecule has 2 N–H and O–H groups in total. The van der Waals surface area contributed by atoms with E-state index >= 15 is 0 Å². The average Bonchev–Trinajstić information content (AvgIpc) is 2.64. The summed E-state index contributed by atoms with van der Waals surface area (Å²) in [7, 11) is 0. The zero-order chi connectivity index (χ0) is 10.8. The molecular formula is C11H22FN3. The molecular weight excluding hydrogens is 193 g/mol. The molecule has 2 aliphatic rings. The molecule has 0 spiro atoms. The summed E-state index contributed by atoms with van der Waals surface area (Å²) < 4.78 is 13.7. The van der Waals surface area contributed by atoms with E-state index in [9.17, 15) is 4.39 Å². The van der Waals surface area contributed by atoms with Crippen LogP contribution >= 0.6 is 0 Å². The summed E-state index contributed by atoms with van der Waals surface area (Å²) in [6, 6.07) is 0.562. The maximum Gasteiger partial charge on any atom is 0.166 e. The van der Waals surface area contributed by atoms with Crippen molar-refractivity contribution < 1.29 is 4.39 Å². The minimum absolute atomic E-state index is 0.219. The minimum Gasteiger partial charge on any atom is -0.326 e. The average molecular weight is 215 g/mol. The van der Waals surface area contributed by atoms with Gasteiger partial charge in [-0.1, -0.05) is 6.92 Å². The van der Waals surface area contributed by atoms with Crippen LogP contribution in [0, 0.1) is 0 Å². The van der Waals surface area contributed by atoms with Crippen molar-refractivity contribution >= 4 is 0 Å². The summed E-state index contributed by atoms with van der Waals surface area (Å²) in [4.78, 5) is 0. The molecule has 0 aromatic carbocycles. The molecule has 0 amide bonds. The predicted molar refractivity (Wildman–Crippen MR) is 58.8 cm³/mol. The summed E-state index contributed by atoms with van der Waals surface area (Å²) in [5, 5.41) is 4.11. The Labute approximate surface area is 91.4 Å². The molecule has 2 fully saturated rings. The van der Waals surface area contributed by atoms with E-state index in [4.69, 9.17) is 5.73 Å². The molecule has 3 nitrogen and oxygen atoms in total. The van der Waals surface area contributed by atoms with E-state index in [1.807, 2.05) is 5.01 Å². The molecule has 0 aromatic rings. The molecule has 0 aromatic heterocycles. The van der Waals surface area contributed by atoms with E-state index in [2.05, 4.69) is 11.9 Å². The van der Waals surface area contributed by atoms with Crippen molar-refractivity contribution in [3.8, 4) is 0 Å². The highest BCUT2D eigenvalue weighted by atomic mass is 19.1. The first-order chi connectivity index (χ1) is 7.24. The van der Waals surface area contributed by atoms with Crippen LogP contribution in [0.25, 0.3) is 0 Å². The second-order valence-corrected chi connectivity index (χ2v) is 4.68. The van der Waals surface area contributed by atoms with Crippen molar-refractivity contribution in [2.45, 2.75) is 57.4 Å². The van der Waals surface area contributed by atoms with Gasteiger partial charge in [-0.15, -0.1) is 0 Å². The molecule has 0 aliphatic carbocycles. The number of rotatable bonds is 2. The van der Waals surface area contributed by atoms with Crippen LogP contribution in [0.2, 0.25) is 0 Å². The van der Waals surface area contributed by atoms with Crippen LogP contribution in [0.15, 0.2) is 0 Å². The van der Waals surface area contributed by atoms with Gasteiger partial charge >= 0.3 is 0 Å². The summed E-state index contributed by atoms with van der Waals surface area (Å²) >= 11 is 0. The van der Waals surface area contributed by atoms with Crippen molar-refractivity contribution in [1.82, 2.24) is 10.0 Å². The predicted octanol–water partition coefficient (Wildman–Crippen LogP) is 1.49. The van der Waals surface area contributed by atoms with E-state index in [1.54, 1.807) is 0 Å². The number of hydrogen-bond acceptors (Lipinski definition) is 3. The van der Waals surface area contributed by atoms with Crippen LogP contribution in [-0.2, 0) is 0 Å². The van der Waals surface area contributed by atoms with Gasteiger partial charge < -0.3 is 5.73 Å². The molecule has 2 saturated heterocycles. The van der Waals surface area contributed by atoms with E-state index < -0.39 is 6.30 Å². The number of halogens is 1. The Morgan fingerprint density at radius 3 is 2.47 bits per heavy atom. The number of nitrogens with zero attached hydrogens (tertiary/aromatic N) is 2. The van der Waals surface area contributed by atoms with Gasteiger partial charge in [-0.3, -0.25) is 0 Å². The van der Waals surface area contributed by atoms with Gasteiger partial charge in [0.2, 0.25) is 0 Å². The third-order valence-electron chi connectivity index (χ3n) is 3.70. The van der Waals surface area contributed by atoms with Gasteiger partial charge in [-0.05, 0) is 32.1 Å². The summed E-state index contributed by atoms with van der Waals surface area (Å²) in [6.07, 6.45) is 4.08. The second kappa shape index (κ2) is 4.76. The Hall–Kier alpha value is -0.190. The number of hydrogen-bond donors (Lipinski definition) is 1. The second-order valence-electron chi connectivity index (χ2n) is 4.68. The van der Waals surface area contributed by atoms with E-state index in [1.165, 1.54) is 0 Å². The van der Waals surface area contributed by atoms with Gasteiger partial charge in [0.15, 0.2) is 6.30 Å². The van der Waals surface area contributed by atoms with Gasteiger partial charge in [-0.2, -0.15) is 0 Å². The summed E-state index contributed by atoms with van der Waals surface area (Å²) in [5.74, 6) is 0. The van der Waals surface area contributed by atoms with Crippen LogP contribution in [0.1, 0.15) is 39.0 Å². The quantitative estimate of drug-likeness (QED) is 0.708. The summed E-state index contributed by atoms with van der Waals surface area (Å²) in [5.41, 5.74) is 6.10. The first-order valence-corrected chi connectivity index (χ1v) is 6.17. The van der Waals surface area contributed by atoms with Crippen molar-refractivity contribution in [2.75, 3.05) is 13.1 Å². The Morgan fingerprint density at radius 2 is 1.87 bits per heavy atom. The molecule has 4 heteroatoms. The highest BCUT2D eigenvalue weighted by molar-refractivity contribution is 4.86. The lowest BCUT2D eigenvalue weighted by molar-refractivity contribution is -0.125. The van der Waals surface area contributed by atoms with Crippen molar-refractivity contribution in [3.05, 3.63) is 0 Å². The van der Waals surface area contributed by atoms with Crippen molar-refractivity contribution in [3.63, 3.8) is 0 Å².